The molecule has 3 aliphatic heterocycles. The number of rotatable bonds is 2. The molecule has 144 valence electrons. The van der Waals surface area contributed by atoms with Gasteiger partial charge in [-0.3, -0.25) is 14.4 Å². The van der Waals surface area contributed by atoms with Crippen LogP contribution in [0, 0.1) is 0 Å². The largest absolute Gasteiger partial charge is 0.459 e. The number of aryl methyl sites for hydroxylation is 1. The van der Waals surface area contributed by atoms with Gasteiger partial charge >= 0.3 is 0 Å². The van der Waals surface area contributed by atoms with Gasteiger partial charge in [0.2, 0.25) is 5.91 Å². The Bertz CT molecular complexity index is 958. The molecule has 0 radical (unpaired) electrons. The van der Waals surface area contributed by atoms with Gasteiger partial charge < -0.3 is 19.1 Å². The Morgan fingerprint density at radius 1 is 0.857 bits per heavy atom. The predicted octanol–water partition coefficient (Wildman–Crippen LogP) is 1.71. The molecule has 1 saturated heterocycles. The molecule has 0 saturated carbocycles. The Morgan fingerprint density at radius 2 is 1.54 bits per heavy atom. The molecule has 7 nitrogen and oxygen atoms in total. The van der Waals surface area contributed by atoms with Crippen molar-refractivity contribution < 1.29 is 18.8 Å². The first-order chi connectivity index (χ1) is 13.6. The smallest absolute Gasteiger partial charge is 0.289 e. The van der Waals surface area contributed by atoms with E-state index in [0.29, 0.717) is 56.9 Å². The molecule has 0 aliphatic carbocycles. The Labute approximate surface area is 162 Å². The van der Waals surface area contributed by atoms with Crippen LogP contribution in [0.25, 0.3) is 0 Å². The van der Waals surface area contributed by atoms with Gasteiger partial charge in [0.15, 0.2) is 5.76 Å². The first kappa shape index (κ1) is 17.0. The minimum Gasteiger partial charge on any atom is -0.459 e. The lowest BCUT2D eigenvalue weighted by molar-refractivity contribution is -0.118. The van der Waals surface area contributed by atoms with Gasteiger partial charge in [0, 0.05) is 44.7 Å². The highest BCUT2D eigenvalue weighted by molar-refractivity contribution is 6.01. The highest BCUT2D eigenvalue weighted by Gasteiger charge is 2.33. The van der Waals surface area contributed by atoms with Crippen molar-refractivity contribution >= 4 is 23.4 Å². The molecule has 7 heteroatoms. The normalized spacial score (nSPS) is 18.4. The minimum absolute atomic E-state index is 0.000465. The summed E-state index contributed by atoms with van der Waals surface area (Å²) in [5, 5.41) is 0. The van der Waals surface area contributed by atoms with Crippen LogP contribution in [0.15, 0.2) is 34.9 Å². The fraction of sp³-hybridized carbons (Fsp3) is 0.381. The van der Waals surface area contributed by atoms with Gasteiger partial charge in [0.1, 0.15) is 0 Å². The first-order valence-electron chi connectivity index (χ1n) is 9.70. The number of anilines is 1. The molecule has 0 atom stereocenters. The number of carbonyl (C=O) groups excluding carboxylic acids is 3. The summed E-state index contributed by atoms with van der Waals surface area (Å²) >= 11 is 0. The standard InChI is InChI=1S/C21H21N3O4/c25-18-4-3-14-12-16(13-15-5-6-24(18)19(14)15)20(26)22-7-9-23(10-8-22)21(27)17-2-1-11-28-17/h1-2,11-13H,3-10H2. The van der Waals surface area contributed by atoms with E-state index in [-0.39, 0.29) is 17.7 Å². The van der Waals surface area contributed by atoms with E-state index in [1.54, 1.807) is 21.9 Å². The van der Waals surface area contributed by atoms with Crippen LogP contribution in [0.5, 0.6) is 0 Å². The molecule has 28 heavy (non-hydrogen) atoms. The van der Waals surface area contributed by atoms with Crippen LogP contribution in [0.4, 0.5) is 5.69 Å². The molecule has 0 bridgehead atoms. The number of hydrogen-bond acceptors (Lipinski definition) is 4. The summed E-state index contributed by atoms with van der Waals surface area (Å²) in [4.78, 5) is 42.9. The molecule has 3 aliphatic rings. The first-order valence-corrected chi connectivity index (χ1v) is 9.70. The highest BCUT2D eigenvalue weighted by Crippen LogP contribution is 2.37. The third-order valence-corrected chi connectivity index (χ3v) is 5.88. The Balaban J connectivity index is 1.31. The third kappa shape index (κ3) is 2.69. The van der Waals surface area contributed by atoms with Gasteiger partial charge in [-0.2, -0.15) is 0 Å². The summed E-state index contributed by atoms with van der Waals surface area (Å²) in [5.41, 5.74) is 3.92. The van der Waals surface area contributed by atoms with Crippen LogP contribution in [-0.2, 0) is 17.6 Å². The number of furan rings is 1. The highest BCUT2D eigenvalue weighted by atomic mass is 16.3. The Morgan fingerprint density at radius 3 is 2.21 bits per heavy atom. The van der Waals surface area contributed by atoms with Gasteiger partial charge in [-0.1, -0.05) is 0 Å². The van der Waals surface area contributed by atoms with Crippen molar-refractivity contribution in [3.8, 4) is 0 Å². The minimum atomic E-state index is -0.135. The van der Waals surface area contributed by atoms with Crippen molar-refractivity contribution in [2.45, 2.75) is 19.3 Å². The van der Waals surface area contributed by atoms with Crippen molar-refractivity contribution in [1.82, 2.24) is 9.80 Å². The summed E-state index contributed by atoms with van der Waals surface area (Å²) in [6.07, 6.45) is 3.50. The van der Waals surface area contributed by atoms with Crippen LogP contribution in [-0.4, -0.2) is 60.2 Å². The van der Waals surface area contributed by atoms with Crippen molar-refractivity contribution in [2.75, 3.05) is 37.6 Å². The lowest BCUT2D eigenvalue weighted by Crippen LogP contribution is -2.50. The van der Waals surface area contributed by atoms with E-state index in [0.717, 1.165) is 23.2 Å². The Kier molecular flexibility index (Phi) is 3.96. The molecule has 2 aromatic rings. The number of carbonyl (C=O) groups is 3. The summed E-state index contributed by atoms with van der Waals surface area (Å²) in [6.45, 7) is 2.70. The van der Waals surface area contributed by atoms with E-state index in [1.165, 1.54) is 6.26 Å². The molecular formula is C21H21N3O4. The van der Waals surface area contributed by atoms with Gasteiger partial charge in [-0.25, -0.2) is 0 Å². The number of hydrogen-bond donors (Lipinski definition) is 0. The van der Waals surface area contributed by atoms with E-state index in [2.05, 4.69) is 0 Å². The summed E-state index contributed by atoms with van der Waals surface area (Å²) in [7, 11) is 0. The zero-order chi connectivity index (χ0) is 19.3. The molecular weight excluding hydrogens is 358 g/mol. The number of piperazine rings is 1. The summed E-state index contributed by atoms with van der Waals surface area (Å²) in [6, 6.07) is 7.25. The molecule has 0 unspecified atom stereocenters. The van der Waals surface area contributed by atoms with Crippen LogP contribution in [0.2, 0.25) is 0 Å². The van der Waals surface area contributed by atoms with E-state index >= 15 is 0 Å². The maximum absolute atomic E-state index is 13.1. The van der Waals surface area contributed by atoms with E-state index in [9.17, 15) is 14.4 Å². The SMILES string of the molecule is O=C(c1cc2c3c(c1)CCN3C(=O)CC2)N1CCN(C(=O)c2ccco2)CC1. The van der Waals surface area contributed by atoms with Crippen LogP contribution in [0.1, 0.15) is 38.5 Å². The molecule has 4 heterocycles. The second-order valence-corrected chi connectivity index (χ2v) is 7.50. The van der Waals surface area contributed by atoms with Crippen molar-refractivity contribution in [1.29, 1.82) is 0 Å². The molecule has 1 fully saturated rings. The van der Waals surface area contributed by atoms with Gasteiger partial charge in [-0.15, -0.1) is 0 Å². The lowest BCUT2D eigenvalue weighted by atomic mass is 9.96. The second kappa shape index (κ2) is 6.51. The van der Waals surface area contributed by atoms with Crippen LogP contribution in [0.3, 0.4) is 0 Å². The van der Waals surface area contributed by atoms with Gasteiger partial charge in [-0.05, 0) is 48.2 Å². The van der Waals surface area contributed by atoms with E-state index in [4.69, 9.17) is 4.42 Å². The molecule has 0 spiro atoms. The number of amides is 3. The van der Waals surface area contributed by atoms with Gasteiger partial charge in [0.25, 0.3) is 11.8 Å². The quantitative estimate of drug-likeness (QED) is 0.796. The zero-order valence-corrected chi connectivity index (χ0v) is 15.5. The van der Waals surface area contributed by atoms with Crippen LogP contribution < -0.4 is 4.90 Å². The average molecular weight is 379 g/mol. The topological polar surface area (TPSA) is 74.1 Å². The summed E-state index contributed by atoms with van der Waals surface area (Å²) in [5.74, 6) is 0.377. The van der Waals surface area contributed by atoms with E-state index in [1.807, 2.05) is 17.0 Å². The maximum Gasteiger partial charge on any atom is 0.289 e. The van der Waals surface area contributed by atoms with Gasteiger partial charge in [0.05, 0.1) is 12.0 Å². The average Bonchev–Trinajstić information content (AvgIpc) is 3.41. The summed E-state index contributed by atoms with van der Waals surface area (Å²) < 4.78 is 5.18. The van der Waals surface area contributed by atoms with Crippen molar-refractivity contribution in [3.05, 3.63) is 53.0 Å². The maximum atomic E-state index is 13.1. The Hall–Kier alpha value is -3.09. The fourth-order valence-electron chi connectivity index (χ4n) is 4.43. The molecule has 1 aromatic heterocycles. The second-order valence-electron chi connectivity index (χ2n) is 7.50. The number of nitrogens with zero attached hydrogens (tertiary/aromatic N) is 3. The fourth-order valence-corrected chi connectivity index (χ4v) is 4.43. The lowest BCUT2D eigenvalue weighted by Gasteiger charge is -2.34. The monoisotopic (exact) mass is 379 g/mol. The zero-order valence-electron chi connectivity index (χ0n) is 15.5. The van der Waals surface area contributed by atoms with E-state index < -0.39 is 0 Å². The van der Waals surface area contributed by atoms with Crippen molar-refractivity contribution in [2.24, 2.45) is 0 Å². The molecule has 5 rings (SSSR count). The van der Waals surface area contributed by atoms with Crippen LogP contribution >= 0.6 is 0 Å². The predicted molar refractivity (Wildman–Crippen MR) is 101 cm³/mol. The molecule has 0 N–H and O–H groups in total. The number of benzene rings is 1. The molecule has 3 amide bonds. The molecule has 1 aromatic carbocycles. The third-order valence-electron chi connectivity index (χ3n) is 5.88. The van der Waals surface area contributed by atoms with Crippen molar-refractivity contribution in [3.63, 3.8) is 0 Å².